The van der Waals surface area contributed by atoms with E-state index in [-0.39, 0.29) is 11.2 Å². The molecule has 0 radical (unpaired) electrons. The molecule has 0 amide bonds. The summed E-state index contributed by atoms with van der Waals surface area (Å²) in [4.78, 5) is 0. The Balaban J connectivity index is 2.27. The molecule has 0 aliphatic heterocycles. The zero-order valence-electron chi connectivity index (χ0n) is 8.14. The van der Waals surface area contributed by atoms with Crippen molar-refractivity contribution in [3.8, 4) is 0 Å². The van der Waals surface area contributed by atoms with Crippen molar-refractivity contribution in [1.29, 1.82) is 0 Å². The fourth-order valence-electron chi connectivity index (χ4n) is 1.77. The van der Waals surface area contributed by atoms with Crippen molar-refractivity contribution in [3.05, 3.63) is 46.8 Å². The molecular formula is C12H11BrClF. The van der Waals surface area contributed by atoms with Crippen LogP contribution in [0.15, 0.2) is 36.2 Å². The van der Waals surface area contributed by atoms with Crippen LogP contribution < -0.4 is 0 Å². The molecule has 1 aromatic carbocycles. The van der Waals surface area contributed by atoms with Gasteiger partial charge in [0.15, 0.2) is 0 Å². The Bertz CT molecular complexity index is 379. The number of allylic oxidation sites excluding steroid dienone is 2. The van der Waals surface area contributed by atoms with Gasteiger partial charge in [0.05, 0.1) is 5.33 Å². The van der Waals surface area contributed by atoms with Crippen LogP contribution in [0.4, 0.5) is 4.39 Å². The monoisotopic (exact) mass is 288 g/mol. The average Bonchev–Trinajstić information content (AvgIpc) is 3.00. The smallest absolute Gasteiger partial charge is 0.107 e. The van der Waals surface area contributed by atoms with Crippen molar-refractivity contribution in [3.63, 3.8) is 0 Å². The molecule has 80 valence electrons. The highest BCUT2D eigenvalue weighted by molar-refractivity contribution is 9.09. The van der Waals surface area contributed by atoms with Crippen LogP contribution in [0.3, 0.4) is 0 Å². The summed E-state index contributed by atoms with van der Waals surface area (Å²) in [5, 5.41) is 1.02. The molecule has 0 bridgehead atoms. The summed E-state index contributed by atoms with van der Waals surface area (Å²) < 4.78 is 13.2. The SMILES string of the molecule is FC(=CC1(c2ccc(Cl)cc2)CC1)CBr. The fourth-order valence-corrected chi connectivity index (χ4v) is 2.06. The standard InChI is InChI=1S/C12H11BrClF/c13-8-11(15)7-12(5-6-12)9-1-3-10(14)4-2-9/h1-4,7H,5-6,8H2. The van der Waals surface area contributed by atoms with Gasteiger partial charge in [0.1, 0.15) is 5.83 Å². The number of alkyl halides is 1. The molecule has 0 nitrogen and oxygen atoms in total. The molecular weight excluding hydrogens is 278 g/mol. The second-order valence-corrected chi connectivity index (χ2v) is 4.89. The average molecular weight is 290 g/mol. The normalized spacial score (nSPS) is 19.0. The highest BCUT2D eigenvalue weighted by atomic mass is 79.9. The van der Waals surface area contributed by atoms with Gasteiger partial charge >= 0.3 is 0 Å². The molecule has 0 aromatic heterocycles. The van der Waals surface area contributed by atoms with Gasteiger partial charge in [0.2, 0.25) is 0 Å². The first-order valence-corrected chi connectivity index (χ1v) is 6.35. The summed E-state index contributed by atoms with van der Waals surface area (Å²) in [6.07, 6.45) is 3.77. The van der Waals surface area contributed by atoms with Crippen LogP contribution in [0.2, 0.25) is 5.02 Å². The van der Waals surface area contributed by atoms with E-state index in [2.05, 4.69) is 15.9 Å². The van der Waals surface area contributed by atoms with E-state index in [1.54, 1.807) is 6.08 Å². The molecule has 15 heavy (non-hydrogen) atoms. The van der Waals surface area contributed by atoms with Gasteiger partial charge in [-0.05, 0) is 36.6 Å². The predicted octanol–water partition coefficient (Wildman–Crippen LogP) is 4.62. The van der Waals surface area contributed by atoms with E-state index in [1.165, 1.54) is 0 Å². The molecule has 1 aromatic rings. The first-order valence-electron chi connectivity index (χ1n) is 4.85. The van der Waals surface area contributed by atoms with Gasteiger partial charge in [-0.25, -0.2) is 4.39 Å². The van der Waals surface area contributed by atoms with Crippen LogP contribution in [-0.2, 0) is 5.41 Å². The lowest BCUT2D eigenvalue weighted by molar-refractivity contribution is 0.629. The van der Waals surface area contributed by atoms with Crippen molar-refractivity contribution < 1.29 is 4.39 Å². The molecule has 1 aliphatic rings. The van der Waals surface area contributed by atoms with E-state index in [0.29, 0.717) is 5.33 Å². The Labute approximate surface area is 102 Å². The Morgan fingerprint density at radius 3 is 2.47 bits per heavy atom. The van der Waals surface area contributed by atoms with E-state index >= 15 is 0 Å². The van der Waals surface area contributed by atoms with Crippen molar-refractivity contribution in [2.45, 2.75) is 18.3 Å². The maximum atomic E-state index is 13.2. The van der Waals surface area contributed by atoms with Gasteiger partial charge in [-0.2, -0.15) is 0 Å². The second kappa shape index (κ2) is 4.26. The highest BCUT2D eigenvalue weighted by Gasteiger charge is 2.42. The first kappa shape index (κ1) is 11.2. The summed E-state index contributed by atoms with van der Waals surface area (Å²) >= 11 is 8.93. The second-order valence-electron chi connectivity index (χ2n) is 3.89. The zero-order chi connectivity index (χ0) is 10.9. The lowest BCUT2D eigenvalue weighted by Crippen LogP contribution is -2.02. The van der Waals surface area contributed by atoms with Crippen molar-refractivity contribution in [1.82, 2.24) is 0 Å². The van der Waals surface area contributed by atoms with Gasteiger partial charge in [0.25, 0.3) is 0 Å². The van der Waals surface area contributed by atoms with Crippen LogP contribution in [-0.4, -0.2) is 5.33 Å². The third-order valence-electron chi connectivity index (χ3n) is 2.77. The number of rotatable bonds is 3. The molecule has 0 atom stereocenters. The van der Waals surface area contributed by atoms with Gasteiger partial charge < -0.3 is 0 Å². The maximum absolute atomic E-state index is 13.2. The Kier molecular flexibility index (Phi) is 3.17. The van der Waals surface area contributed by atoms with E-state index in [0.717, 1.165) is 23.4 Å². The molecule has 1 saturated carbocycles. The Morgan fingerprint density at radius 1 is 1.40 bits per heavy atom. The summed E-state index contributed by atoms with van der Waals surface area (Å²) in [5.41, 5.74) is 1.09. The minimum Gasteiger partial charge on any atom is -0.211 e. The zero-order valence-corrected chi connectivity index (χ0v) is 10.5. The lowest BCUT2D eigenvalue weighted by Gasteiger charge is -2.10. The summed E-state index contributed by atoms with van der Waals surface area (Å²) in [7, 11) is 0. The number of halogens is 3. The number of hydrogen-bond acceptors (Lipinski definition) is 0. The van der Waals surface area contributed by atoms with Gasteiger partial charge in [-0.15, -0.1) is 0 Å². The topological polar surface area (TPSA) is 0 Å². The molecule has 1 aliphatic carbocycles. The van der Waals surface area contributed by atoms with E-state index in [4.69, 9.17) is 11.6 Å². The predicted molar refractivity (Wildman–Crippen MR) is 65.3 cm³/mol. The third kappa shape index (κ3) is 2.43. The summed E-state index contributed by atoms with van der Waals surface area (Å²) in [5.74, 6) is -0.0950. The van der Waals surface area contributed by atoms with Crippen molar-refractivity contribution in [2.75, 3.05) is 5.33 Å². The molecule has 2 rings (SSSR count). The van der Waals surface area contributed by atoms with Crippen LogP contribution in [0.25, 0.3) is 0 Å². The van der Waals surface area contributed by atoms with E-state index in [9.17, 15) is 4.39 Å². The minimum atomic E-state index is -0.0950. The number of benzene rings is 1. The van der Waals surface area contributed by atoms with Gasteiger partial charge in [-0.3, -0.25) is 0 Å². The molecule has 1 fully saturated rings. The molecule has 0 saturated heterocycles. The summed E-state index contributed by atoms with van der Waals surface area (Å²) in [6, 6.07) is 7.67. The molecule has 0 spiro atoms. The Hall–Kier alpha value is -0.340. The summed E-state index contributed by atoms with van der Waals surface area (Å²) in [6.45, 7) is 0. The van der Waals surface area contributed by atoms with E-state index in [1.807, 2.05) is 24.3 Å². The molecule has 3 heteroatoms. The largest absolute Gasteiger partial charge is 0.211 e. The van der Waals surface area contributed by atoms with Crippen LogP contribution in [0.1, 0.15) is 18.4 Å². The molecule has 0 heterocycles. The van der Waals surface area contributed by atoms with Gasteiger partial charge in [-0.1, -0.05) is 39.7 Å². The molecule has 0 N–H and O–H groups in total. The molecule has 0 unspecified atom stereocenters. The Morgan fingerprint density at radius 2 is 2.00 bits per heavy atom. The van der Waals surface area contributed by atoms with Crippen LogP contribution >= 0.6 is 27.5 Å². The van der Waals surface area contributed by atoms with Gasteiger partial charge in [0, 0.05) is 10.4 Å². The maximum Gasteiger partial charge on any atom is 0.107 e. The van der Waals surface area contributed by atoms with Crippen LogP contribution in [0.5, 0.6) is 0 Å². The minimum absolute atomic E-state index is 0.0670. The van der Waals surface area contributed by atoms with Crippen molar-refractivity contribution in [2.24, 2.45) is 0 Å². The number of hydrogen-bond donors (Lipinski definition) is 0. The van der Waals surface area contributed by atoms with E-state index < -0.39 is 0 Å². The van der Waals surface area contributed by atoms with Crippen molar-refractivity contribution >= 4 is 27.5 Å². The fraction of sp³-hybridized carbons (Fsp3) is 0.333. The highest BCUT2D eigenvalue weighted by Crippen LogP contribution is 2.50. The lowest BCUT2D eigenvalue weighted by atomic mass is 9.95. The quantitative estimate of drug-likeness (QED) is 0.712. The van der Waals surface area contributed by atoms with Crippen LogP contribution in [0, 0.1) is 0 Å². The third-order valence-corrected chi connectivity index (χ3v) is 3.56. The first-order chi connectivity index (χ1) is 7.16.